The fourth-order valence-corrected chi connectivity index (χ4v) is 4.43. The zero-order valence-electron chi connectivity index (χ0n) is 19.2. The van der Waals surface area contributed by atoms with Crippen LogP contribution in [0, 0.1) is 0 Å². The number of para-hydroxylation sites is 2. The Morgan fingerprint density at radius 1 is 0.879 bits per heavy atom. The number of hydrogen-bond donors (Lipinski definition) is 0. The standard InChI is InChI=1S/C25H30N4O4/c1-3-28-21-9-4-5-10-22(21)29(25(28)32)12-11-23(30)26-13-15-27(16-14-26)24(31)18-19-7-6-8-20(17-19)33-2/h4-10,17H,3,11-16,18H2,1-2H3. The number of nitrogens with zero attached hydrogens (tertiary/aromatic N) is 4. The number of benzene rings is 2. The highest BCUT2D eigenvalue weighted by atomic mass is 16.5. The zero-order valence-corrected chi connectivity index (χ0v) is 19.2. The second kappa shape index (κ2) is 9.94. The van der Waals surface area contributed by atoms with E-state index in [0.717, 1.165) is 22.3 Å². The van der Waals surface area contributed by atoms with Crippen molar-refractivity contribution < 1.29 is 14.3 Å². The second-order valence-electron chi connectivity index (χ2n) is 8.21. The monoisotopic (exact) mass is 450 g/mol. The van der Waals surface area contributed by atoms with Crippen LogP contribution in [0.1, 0.15) is 18.9 Å². The van der Waals surface area contributed by atoms with Crippen LogP contribution < -0.4 is 10.4 Å². The van der Waals surface area contributed by atoms with E-state index in [9.17, 15) is 14.4 Å². The summed E-state index contributed by atoms with van der Waals surface area (Å²) >= 11 is 0. The van der Waals surface area contributed by atoms with Crippen LogP contribution >= 0.6 is 0 Å². The molecule has 0 N–H and O–H groups in total. The highest BCUT2D eigenvalue weighted by Crippen LogP contribution is 2.16. The van der Waals surface area contributed by atoms with Crippen LogP contribution in [0.3, 0.4) is 0 Å². The molecule has 2 aromatic carbocycles. The van der Waals surface area contributed by atoms with Crippen molar-refractivity contribution in [2.45, 2.75) is 32.9 Å². The molecule has 174 valence electrons. The molecule has 1 aliphatic heterocycles. The van der Waals surface area contributed by atoms with Crippen molar-refractivity contribution in [3.8, 4) is 5.75 Å². The van der Waals surface area contributed by atoms with Gasteiger partial charge in [0.1, 0.15) is 5.75 Å². The summed E-state index contributed by atoms with van der Waals surface area (Å²) in [6.45, 7) is 4.93. The summed E-state index contributed by atoms with van der Waals surface area (Å²) in [6, 6.07) is 15.2. The highest BCUT2D eigenvalue weighted by molar-refractivity contribution is 5.80. The molecule has 8 nitrogen and oxygen atoms in total. The Bertz CT molecular complexity index is 1200. The summed E-state index contributed by atoms with van der Waals surface area (Å²) in [5, 5.41) is 0. The lowest BCUT2D eigenvalue weighted by Crippen LogP contribution is -2.51. The summed E-state index contributed by atoms with van der Waals surface area (Å²) in [4.78, 5) is 41.9. The molecule has 1 aromatic heterocycles. The van der Waals surface area contributed by atoms with Crippen LogP contribution in [0.2, 0.25) is 0 Å². The molecule has 0 saturated carbocycles. The molecule has 0 radical (unpaired) electrons. The maximum atomic E-state index is 12.8. The van der Waals surface area contributed by atoms with Crippen LogP contribution in [0.5, 0.6) is 5.75 Å². The molecule has 0 bridgehead atoms. The van der Waals surface area contributed by atoms with Crippen molar-refractivity contribution in [2.24, 2.45) is 0 Å². The number of rotatable bonds is 7. The Hall–Kier alpha value is -3.55. The zero-order chi connectivity index (χ0) is 23.4. The van der Waals surface area contributed by atoms with Crippen molar-refractivity contribution in [3.63, 3.8) is 0 Å². The van der Waals surface area contributed by atoms with E-state index in [2.05, 4.69) is 0 Å². The summed E-state index contributed by atoms with van der Waals surface area (Å²) in [5.41, 5.74) is 2.57. The molecule has 2 heterocycles. The van der Waals surface area contributed by atoms with Crippen molar-refractivity contribution in [1.29, 1.82) is 0 Å². The van der Waals surface area contributed by atoms with Crippen molar-refractivity contribution in [3.05, 3.63) is 64.6 Å². The molecule has 0 spiro atoms. The van der Waals surface area contributed by atoms with Gasteiger partial charge in [0.05, 0.1) is 24.6 Å². The molecule has 3 aromatic rings. The third kappa shape index (κ3) is 4.79. The highest BCUT2D eigenvalue weighted by Gasteiger charge is 2.24. The Balaban J connectivity index is 1.32. The van der Waals surface area contributed by atoms with Gasteiger partial charge in [0.15, 0.2) is 0 Å². The first-order chi connectivity index (χ1) is 16.0. The average Bonchev–Trinajstić information content (AvgIpc) is 3.12. The molecule has 1 aliphatic rings. The smallest absolute Gasteiger partial charge is 0.329 e. The van der Waals surface area contributed by atoms with Gasteiger partial charge >= 0.3 is 5.69 Å². The number of ether oxygens (including phenoxy) is 1. The first-order valence-electron chi connectivity index (χ1n) is 11.4. The summed E-state index contributed by atoms with van der Waals surface area (Å²) in [6.07, 6.45) is 0.574. The van der Waals surface area contributed by atoms with Gasteiger partial charge in [-0.25, -0.2) is 4.79 Å². The number of amides is 2. The number of methoxy groups -OCH3 is 1. The van der Waals surface area contributed by atoms with Gasteiger partial charge in [0, 0.05) is 45.7 Å². The molecule has 1 fully saturated rings. The SMILES string of the molecule is CCn1c(=O)n(CCC(=O)N2CCN(C(=O)Cc3cccc(OC)c3)CC2)c2ccccc21. The molecule has 0 aliphatic carbocycles. The molecule has 1 saturated heterocycles. The Morgan fingerprint density at radius 3 is 2.15 bits per heavy atom. The molecule has 0 atom stereocenters. The van der Waals surface area contributed by atoms with E-state index in [4.69, 9.17) is 4.74 Å². The van der Waals surface area contributed by atoms with E-state index < -0.39 is 0 Å². The van der Waals surface area contributed by atoms with Gasteiger partial charge in [-0.3, -0.25) is 18.7 Å². The summed E-state index contributed by atoms with van der Waals surface area (Å²) in [7, 11) is 1.61. The number of aromatic nitrogens is 2. The lowest BCUT2D eigenvalue weighted by atomic mass is 10.1. The second-order valence-corrected chi connectivity index (χ2v) is 8.21. The molecule has 33 heavy (non-hydrogen) atoms. The number of imidazole rings is 1. The minimum atomic E-state index is -0.0838. The molecular formula is C25H30N4O4. The first kappa shape index (κ1) is 22.6. The van der Waals surface area contributed by atoms with E-state index >= 15 is 0 Å². The normalized spacial score (nSPS) is 14.0. The average molecular weight is 451 g/mol. The van der Waals surface area contributed by atoms with Gasteiger partial charge in [-0.05, 0) is 36.8 Å². The van der Waals surface area contributed by atoms with E-state index in [-0.39, 0.29) is 23.9 Å². The predicted molar refractivity (Wildman–Crippen MR) is 126 cm³/mol. The van der Waals surface area contributed by atoms with Gasteiger partial charge in [0.25, 0.3) is 0 Å². The van der Waals surface area contributed by atoms with Gasteiger partial charge in [-0.1, -0.05) is 24.3 Å². The summed E-state index contributed by atoms with van der Waals surface area (Å²) < 4.78 is 8.64. The minimum absolute atomic E-state index is 0.00937. The van der Waals surface area contributed by atoms with Crippen molar-refractivity contribution in [2.75, 3.05) is 33.3 Å². The van der Waals surface area contributed by atoms with Crippen LogP contribution in [0.15, 0.2) is 53.3 Å². The molecule has 0 unspecified atom stereocenters. The van der Waals surface area contributed by atoms with Crippen LogP contribution in [0.4, 0.5) is 0 Å². The van der Waals surface area contributed by atoms with Gasteiger partial charge in [-0.2, -0.15) is 0 Å². The lowest BCUT2D eigenvalue weighted by Gasteiger charge is -2.35. The van der Waals surface area contributed by atoms with Crippen molar-refractivity contribution >= 4 is 22.8 Å². The van der Waals surface area contributed by atoms with E-state index in [0.29, 0.717) is 45.7 Å². The Labute approximate surface area is 193 Å². The number of fused-ring (bicyclic) bond motifs is 1. The Morgan fingerprint density at radius 2 is 1.52 bits per heavy atom. The lowest BCUT2D eigenvalue weighted by molar-refractivity contribution is -0.139. The van der Waals surface area contributed by atoms with E-state index in [1.165, 1.54) is 0 Å². The quantitative estimate of drug-likeness (QED) is 0.553. The number of carbonyl (C=O) groups excluding carboxylic acids is 2. The number of carbonyl (C=O) groups is 2. The molecule has 2 amide bonds. The van der Waals surface area contributed by atoms with Gasteiger partial charge in [-0.15, -0.1) is 0 Å². The van der Waals surface area contributed by atoms with E-state index in [1.807, 2.05) is 60.4 Å². The van der Waals surface area contributed by atoms with Gasteiger partial charge in [0.2, 0.25) is 11.8 Å². The number of aryl methyl sites for hydroxylation is 2. The first-order valence-corrected chi connectivity index (χ1v) is 11.4. The topological polar surface area (TPSA) is 76.8 Å². The molecule has 8 heteroatoms. The predicted octanol–water partition coefficient (Wildman–Crippen LogP) is 2.14. The van der Waals surface area contributed by atoms with Crippen molar-refractivity contribution in [1.82, 2.24) is 18.9 Å². The van der Waals surface area contributed by atoms with Crippen LogP contribution in [0.25, 0.3) is 11.0 Å². The Kier molecular flexibility index (Phi) is 6.82. The van der Waals surface area contributed by atoms with Crippen LogP contribution in [-0.2, 0) is 29.1 Å². The third-order valence-corrected chi connectivity index (χ3v) is 6.27. The number of piperazine rings is 1. The number of hydrogen-bond acceptors (Lipinski definition) is 4. The minimum Gasteiger partial charge on any atom is -0.497 e. The molecule has 4 rings (SSSR count). The van der Waals surface area contributed by atoms with Crippen LogP contribution in [-0.4, -0.2) is 64.0 Å². The largest absolute Gasteiger partial charge is 0.497 e. The van der Waals surface area contributed by atoms with E-state index in [1.54, 1.807) is 21.1 Å². The van der Waals surface area contributed by atoms with Gasteiger partial charge < -0.3 is 14.5 Å². The maximum absolute atomic E-state index is 12.8. The summed E-state index contributed by atoms with van der Waals surface area (Å²) in [5.74, 6) is 0.793. The maximum Gasteiger partial charge on any atom is 0.329 e. The fourth-order valence-electron chi connectivity index (χ4n) is 4.43. The third-order valence-electron chi connectivity index (χ3n) is 6.27. The fraction of sp³-hybridized carbons (Fsp3) is 0.400. The molecular weight excluding hydrogens is 420 g/mol.